The highest BCUT2D eigenvalue weighted by molar-refractivity contribution is 9.10. The number of halogens is 1. The number of ether oxygens (including phenoxy) is 2. The zero-order valence-electron chi connectivity index (χ0n) is 11.7. The van der Waals surface area contributed by atoms with Crippen molar-refractivity contribution in [3.8, 4) is 11.5 Å². The fraction of sp³-hybridized carbons (Fsp3) is 0.571. The van der Waals surface area contributed by atoms with Gasteiger partial charge in [0, 0.05) is 6.54 Å². The summed E-state index contributed by atoms with van der Waals surface area (Å²) in [6.45, 7) is 5.45. The second kappa shape index (κ2) is 8.40. The van der Waals surface area contributed by atoms with E-state index in [1.165, 1.54) is 0 Å². The summed E-state index contributed by atoms with van der Waals surface area (Å²) < 4.78 is 12.1. The van der Waals surface area contributed by atoms with Crippen LogP contribution in [0.1, 0.15) is 25.8 Å². The molecule has 5 heteroatoms. The molecule has 19 heavy (non-hydrogen) atoms. The summed E-state index contributed by atoms with van der Waals surface area (Å²) in [7, 11) is 1.90. The monoisotopic (exact) mass is 331 g/mol. The molecule has 1 rings (SSSR count). The lowest BCUT2D eigenvalue weighted by molar-refractivity contribution is 0.102. The van der Waals surface area contributed by atoms with Crippen molar-refractivity contribution in [2.45, 2.75) is 32.9 Å². The Hall–Kier alpha value is -0.780. The Balaban J connectivity index is 2.93. The van der Waals surface area contributed by atoms with E-state index in [0.717, 1.165) is 16.6 Å². The Morgan fingerprint density at radius 3 is 2.63 bits per heavy atom. The zero-order valence-corrected chi connectivity index (χ0v) is 13.3. The van der Waals surface area contributed by atoms with E-state index in [2.05, 4.69) is 21.2 Å². The van der Waals surface area contributed by atoms with Gasteiger partial charge in [-0.25, -0.2) is 0 Å². The molecule has 0 radical (unpaired) electrons. The van der Waals surface area contributed by atoms with Crippen LogP contribution in [0.15, 0.2) is 16.6 Å². The van der Waals surface area contributed by atoms with E-state index >= 15 is 0 Å². The molecule has 0 bridgehead atoms. The summed E-state index contributed by atoms with van der Waals surface area (Å²) in [6, 6.07) is 3.95. The van der Waals surface area contributed by atoms with Crippen molar-refractivity contribution in [1.29, 1.82) is 0 Å². The zero-order chi connectivity index (χ0) is 14.3. The highest BCUT2D eigenvalue weighted by atomic mass is 79.9. The van der Waals surface area contributed by atoms with Gasteiger partial charge in [-0.3, -0.25) is 0 Å². The first-order valence-electron chi connectivity index (χ1n) is 6.53. The molecule has 0 aliphatic carbocycles. The predicted molar refractivity (Wildman–Crippen MR) is 79.9 cm³/mol. The van der Waals surface area contributed by atoms with Crippen LogP contribution in [0, 0.1) is 0 Å². The number of aliphatic hydroxyl groups is 1. The third kappa shape index (κ3) is 5.01. The Labute approximate surface area is 123 Å². The lowest BCUT2D eigenvalue weighted by Crippen LogP contribution is -2.17. The molecule has 0 heterocycles. The molecule has 2 N–H and O–H groups in total. The second-order valence-corrected chi connectivity index (χ2v) is 5.10. The molecule has 0 spiro atoms. The highest BCUT2D eigenvalue weighted by Crippen LogP contribution is 2.37. The van der Waals surface area contributed by atoms with E-state index in [4.69, 9.17) is 9.47 Å². The van der Waals surface area contributed by atoms with E-state index in [9.17, 15) is 5.11 Å². The van der Waals surface area contributed by atoms with Crippen LogP contribution in [0.2, 0.25) is 0 Å². The first kappa shape index (κ1) is 16.3. The standard InChI is InChI=1S/C14H22BrNO3/c1-4-11(17)9-19-14-12(15)6-10(8-16-3)7-13(14)18-5-2/h6-7,11,16-17H,4-5,8-9H2,1-3H3. The van der Waals surface area contributed by atoms with Gasteiger partial charge in [-0.15, -0.1) is 0 Å². The molecule has 1 aromatic carbocycles. The van der Waals surface area contributed by atoms with Crippen molar-refractivity contribution < 1.29 is 14.6 Å². The molecule has 1 aromatic rings. The second-order valence-electron chi connectivity index (χ2n) is 4.24. The first-order valence-corrected chi connectivity index (χ1v) is 7.32. The van der Waals surface area contributed by atoms with Gasteiger partial charge >= 0.3 is 0 Å². The summed E-state index contributed by atoms with van der Waals surface area (Å²) in [5, 5.41) is 12.7. The van der Waals surface area contributed by atoms with Crippen LogP contribution in [0.3, 0.4) is 0 Å². The normalized spacial score (nSPS) is 12.3. The van der Waals surface area contributed by atoms with E-state index < -0.39 is 6.10 Å². The summed E-state index contributed by atoms with van der Waals surface area (Å²) in [5.41, 5.74) is 1.11. The van der Waals surface area contributed by atoms with Crippen molar-refractivity contribution in [1.82, 2.24) is 5.32 Å². The van der Waals surface area contributed by atoms with Gasteiger partial charge < -0.3 is 19.9 Å². The maximum atomic E-state index is 9.58. The number of hydrogen-bond donors (Lipinski definition) is 2. The van der Waals surface area contributed by atoms with Gasteiger partial charge in [-0.2, -0.15) is 0 Å². The van der Waals surface area contributed by atoms with Crippen LogP contribution in [0.4, 0.5) is 0 Å². The molecule has 4 nitrogen and oxygen atoms in total. The lowest BCUT2D eigenvalue weighted by Gasteiger charge is -2.17. The molecule has 0 saturated heterocycles. The summed E-state index contributed by atoms with van der Waals surface area (Å²) in [6.07, 6.45) is 0.206. The number of nitrogens with one attached hydrogen (secondary N) is 1. The van der Waals surface area contributed by atoms with Crippen LogP contribution < -0.4 is 14.8 Å². The molecule has 0 aliphatic heterocycles. The van der Waals surface area contributed by atoms with Gasteiger partial charge in [-0.1, -0.05) is 6.92 Å². The highest BCUT2D eigenvalue weighted by Gasteiger charge is 2.13. The minimum Gasteiger partial charge on any atom is -0.490 e. The Morgan fingerprint density at radius 2 is 2.05 bits per heavy atom. The van der Waals surface area contributed by atoms with Crippen LogP contribution >= 0.6 is 15.9 Å². The van der Waals surface area contributed by atoms with E-state index in [1.807, 2.05) is 33.0 Å². The fourth-order valence-corrected chi connectivity index (χ4v) is 2.23. The van der Waals surface area contributed by atoms with E-state index in [1.54, 1.807) is 0 Å². The van der Waals surface area contributed by atoms with Gasteiger partial charge in [0.05, 0.1) is 17.2 Å². The molecule has 1 atom stereocenters. The van der Waals surface area contributed by atoms with Gasteiger partial charge in [0.25, 0.3) is 0 Å². The Morgan fingerprint density at radius 1 is 1.32 bits per heavy atom. The molecule has 0 saturated carbocycles. The minimum atomic E-state index is -0.460. The van der Waals surface area contributed by atoms with Crippen molar-refractivity contribution in [3.05, 3.63) is 22.2 Å². The van der Waals surface area contributed by atoms with Crippen molar-refractivity contribution in [2.75, 3.05) is 20.3 Å². The quantitative estimate of drug-likeness (QED) is 0.769. The predicted octanol–water partition coefficient (Wildman–Crippen LogP) is 2.72. The third-order valence-corrected chi connectivity index (χ3v) is 3.23. The molecule has 108 valence electrons. The van der Waals surface area contributed by atoms with E-state index in [-0.39, 0.29) is 6.61 Å². The van der Waals surface area contributed by atoms with Gasteiger partial charge in [0.15, 0.2) is 11.5 Å². The van der Waals surface area contributed by atoms with Crippen molar-refractivity contribution in [2.24, 2.45) is 0 Å². The van der Waals surface area contributed by atoms with Crippen molar-refractivity contribution in [3.63, 3.8) is 0 Å². The maximum Gasteiger partial charge on any atom is 0.175 e. The molecule has 0 amide bonds. The molecular weight excluding hydrogens is 310 g/mol. The first-order chi connectivity index (χ1) is 9.12. The summed E-state index contributed by atoms with van der Waals surface area (Å²) >= 11 is 3.50. The van der Waals surface area contributed by atoms with Gasteiger partial charge in [0.1, 0.15) is 6.61 Å². The number of hydrogen-bond acceptors (Lipinski definition) is 4. The third-order valence-electron chi connectivity index (χ3n) is 2.64. The van der Waals surface area contributed by atoms with Gasteiger partial charge in [0.2, 0.25) is 0 Å². The average molecular weight is 332 g/mol. The van der Waals surface area contributed by atoms with Crippen molar-refractivity contribution >= 4 is 15.9 Å². The summed E-state index contributed by atoms with van der Waals surface area (Å²) in [4.78, 5) is 0. The molecule has 0 fully saturated rings. The fourth-order valence-electron chi connectivity index (χ4n) is 1.63. The Bertz CT molecular complexity index is 399. The summed E-state index contributed by atoms with van der Waals surface area (Å²) in [5.74, 6) is 1.35. The smallest absolute Gasteiger partial charge is 0.175 e. The number of benzene rings is 1. The Kier molecular flexibility index (Phi) is 7.20. The average Bonchev–Trinajstić information content (AvgIpc) is 2.38. The van der Waals surface area contributed by atoms with Crippen LogP contribution in [0.25, 0.3) is 0 Å². The minimum absolute atomic E-state index is 0.264. The SMILES string of the molecule is CCOc1cc(CNC)cc(Br)c1OCC(O)CC. The largest absolute Gasteiger partial charge is 0.490 e. The van der Waals surface area contributed by atoms with Crippen LogP contribution in [-0.2, 0) is 6.54 Å². The topological polar surface area (TPSA) is 50.7 Å². The van der Waals surface area contributed by atoms with Crippen LogP contribution in [0.5, 0.6) is 11.5 Å². The molecule has 0 aromatic heterocycles. The van der Waals surface area contributed by atoms with E-state index in [0.29, 0.717) is 24.5 Å². The lowest BCUT2D eigenvalue weighted by atomic mass is 10.2. The maximum absolute atomic E-state index is 9.58. The van der Waals surface area contributed by atoms with Crippen LogP contribution in [-0.4, -0.2) is 31.5 Å². The number of rotatable bonds is 8. The number of aliphatic hydroxyl groups excluding tert-OH is 1. The van der Waals surface area contributed by atoms with Gasteiger partial charge in [-0.05, 0) is 54.0 Å². The molecule has 0 aliphatic rings. The molecular formula is C14H22BrNO3. The molecule has 1 unspecified atom stereocenters.